The summed E-state index contributed by atoms with van der Waals surface area (Å²) in [6.07, 6.45) is -6.86. The Morgan fingerprint density at radius 1 is 1.14 bits per heavy atom. The summed E-state index contributed by atoms with van der Waals surface area (Å²) in [5.74, 6) is -1.93. The van der Waals surface area contributed by atoms with E-state index in [0.29, 0.717) is 18.4 Å². The molecule has 1 aromatic heterocycles. The summed E-state index contributed by atoms with van der Waals surface area (Å²) in [6.45, 7) is 0. The van der Waals surface area contributed by atoms with Gasteiger partial charge < -0.3 is 10.4 Å². The second-order valence-electron chi connectivity index (χ2n) is 8.42. The van der Waals surface area contributed by atoms with Gasteiger partial charge in [0.2, 0.25) is 0 Å². The number of nitrogens with zero attached hydrogens (tertiary/aromatic N) is 2. The van der Waals surface area contributed by atoms with Gasteiger partial charge in [-0.15, -0.1) is 0 Å². The number of aromatic carboxylic acids is 1. The second-order valence-corrected chi connectivity index (χ2v) is 8.42. The number of rotatable bonds is 7. The number of hydrogen-bond acceptors (Lipinski definition) is 3. The van der Waals surface area contributed by atoms with Gasteiger partial charge in [0, 0.05) is 13.5 Å². The van der Waals surface area contributed by atoms with Crippen molar-refractivity contribution < 1.29 is 36.6 Å². The van der Waals surface area contributed by atoms with Crippen LogP contribution in [0.5, 0.6) is 0 Å². The summed E-state index contributed by atoms with van der Waals surface area (Å²) in [4.78, 5) is 24.3. The predicted octanol–water partition coefficient (Wildman–Crippen LogP) is 5.08. The van der Waals surface area contributed by atoms with Crippen molar-refractivity contribution in [3.8, 4) is 0 Å². The highest BCUT2D eigenvalue weighted by Crippen LogP contribution is 2.46. The first kappa shape index (κ1) is 24.4. The van der Waals surface area contributed by atoms with Crippen LogP contribution in [0.15, 0.2) is 48.5 Å². The van der Waals surface area contributed by atoms with Gasteiger partial charge in [-0.05, 0) is 42.2 Å². The molecule has 1 amide bonds. The van der Waals surface area contributed by atoms with Crippen molar-refractivity contribution in [1.29, 1.82) is 0 Å². The van der Waals surface area contributed by atoms with Gasteiger partial charge in [-0.1, -0.05) is 30.3 Å². The topological polar surface area (TPSA) is 84.2 Å². The monoisotopic (exact) mass is 493 g/mol. The Bertz CT molecular complexity index is 1280. The van der Waals surface area contributed by atoms with Crippen LogP contribution in [0.1, 0.15) is 68.1 Å². The van der Waals surface area contributed by atoms with Crippen LogP contribution in [0, 0.1) is 0 Å². The smallest absolute Gasteiger partial charge is 0.416 e. The van der Waals surface area contributed by atoms with Crippen molar-refractivity contribution in [2.75, 3.05) is 0 Å². The third-order valence-electron chi connectivity index (χ3n) is 6.01. The number of aryl methyl sites for hydroxylation is 1. The van der Waals surface area contributed by atoms with Crippen LogP contribution < -0.4 is 5.32 Å². The summed E-state index contributed by atoms with van der Waals surface area (Å²) in [7, 11) is 1.24. The fourth-order valence-corrected chi connectivity index (χ4v) is 4.09. The van der Waals surface area contributed by atoms with Crippen LogP contribution in [-0.2, 0) is 25.2 Å². The molecule has 1 saturated carbocycles. The molecular formula is C24H20F5N3O3. The molecule has 1 aliphatic carbocycles. The first-order valence-electron chi connectivity index (χ1n) is 10.6. The number of aromatic nitrogens is 2. The van der Waals surface area contributed by atoms with Crippen molar-refractivity contribution in [2.24, 2.45) is 7.05 Å². The lowest BCUT2D eigenvalue weighted by Crippen LogP contribution is -2.35. The van der Waals surface area contributed by atoms with Gasteiger partial charge in [0.05, 0.1) is 27.9 Å². The minimum absolute atomic E-state index is 0.0616. The zero-order valence-electron chi connectivity index (χ0n) is 18.4. The summed E-state index contributed by atoms with van der Waals surface area (Å²) in [6, 6.07) is 10.3. The standard InChI is InChI=1S/C24H20F5N3O3/c1-32-19(20(25)26)18(17(31-32)12-13-3-2-4-16(11-13)24(27,28)29)21(33)30-23(9-10-23)15-7-5-14(6-8-15)22(34)35/h2-8,11,20H,9-10,12H2,1H3,(H,30,33)(H,34,35). The molecule has 1 aliphatic rings. The van der Waals surface area contributed by atoms with Gasteiger partial charge in [0.25, 0.3) is 12.3 Å². The molecule has 0 aliphatic heterocycles. The maximum Gasteiger partial charge on any atom is 0.416 e. The van der Waals surface area contributed by atoms with E-state index in [1.165, 1.54) is 31.3 Å². The Kier molecular flexibility index (Phi) is 6.12. The number of alkyl halides is 5. The van der Waals surface area contributed by atoms with E-state index in [9.17, 15) is 31.5 Å². The van der Waals surface area contributed by atoms with Crippen LogP contribution >= 0.6 is 0 Å². The molecule has 4 rings (SSSR count). The molecule has 0 saturated heterocycles. The van der Waals surface area contributed by atoms with E-state index in [4.69, 9.17) is 5.11 Å². The Hall–Kier alpha value is -3.76. The minimum atomic E-state index is -4.58. The van der Waals surface area contributed by atoms with E-state index in [2.05, 4.69) is 10.4 Å². The van der Waals surface area contributed by atoms with E-state index in [-0.39, 0.29) is 28.8 Å². The summed E-state index contributed by atoms with van der Waals surface area (Å²) >= 11 is 0. The van der Waals surface area contributed by atoms with E-state index in [1.807, 2.05) is 0 Å². The highest BCUT2D eigenvalue weighted by atomic mass is 19.4. The number of carboxylic acid groups (broad SMARTS) is 1. The van der Waals surface area contributed by atoms with Gasteiger partial charge in [0.15, 0.2) is 0 Å². The number of carboxylic acids is 1. The average molecular weight is 493 g/mol. The maximum atomic E-state index is 13.9. The van der Waals surface area contributed by atoms with Gasteiger partial charge in [-0.2, -0.15) is 18.3 Å². The highest BCUT2D eigenvalue weighted by molar-refractivity contribution is 5.97. The van der Waals surface area contributed by atoms with E-state index in [0.717, 1.165) is 16.8 Å². The lowest BCUT2D eigenvalue weighted by molar-refractivity contribution is -0.137. The SMILES string of the molecule is Cn1nc(Cc2cccc(C(F)(F)F)c2)c(C(=O)NC2(c3ccc(C(=O)O)cc3)CC2)c1C(F)F. The van der Waals surface area contributed by atoms with Gasteiger partial charge >= 0.3 is 12.1 Å². The molecule has 11 heteroatoms. The van der Waals surface area contributed by atoms with Crippen LogP contribution in [-0.4, -0.2) is 26.8 Å². The molecule has 1 fully saturated rings. The molecule has 0 unspecified atom stereocenters. The van der Waals surface area contributed by atoms with E-state index >= 15 is 0 Å². The van der Waals surface area contributed by atoms with E-state index < -0.39 is 41.3 Å². The molecule has 0 bridgehead atoms. The molecule has 2 N–H and O–H groups in total. The number of amides is 1. The first-order valence-corrected chi connectivity index (χ1v) is 10.6. The Morgan fingerprint density at radius 2 is 1.80 bits per heavy atom. The van der Waals surface area contributed by atoms with Crippen LogP contribution in [0.4, 0.5) is 22.0 Å². The molecule has 6 nitrogen and oxygen atoms in total. The number of hydrogen-bond donors (Lipinski definition) is 2. The average Bonchev–Trinajstić information content (AvgIpc) is 3.48. The highest BCUT2D eigenvalue weighted by Gasteiger charge is 2.46. The lowest BCUT2D eigenvalue weighted by atomic mass is 10.00. The van der Waals surface area contributed by atoms with E-state index in [1.54, 1.807) is 12.1 Å². The summed E-state index contributed by atoms with van der Waals surface area (Å²) < 4.78 is 67.9. The number of carbonyl (C=O) groups excluding carboxylic acids is 1. The maximum absolute atomic E-state index is 13.9. The van der Waals surface area contributed by atoms with Gasteiger partial charge in [0.1, 0.15) is 5.69 Å². The fraction of sp³-hybridized carbons (Fsp3) is 0.292. The molecule has 0 atom stereocenters. The van der Waals surface area contributed by atoms with Gasteiger partial charge in [-0.25, -0.2) is 13.6 Å². The number of benzene rings is 2. The van der Waals surface area contributed by atoms with Crippen molar-refractivity contribution in [1.82, 2.24) is 15.1 Å². The molecule has 0 spiro atoms. The van der Waals surface area contributed by atoms with Crippen molar-refractivity contribution in [3.63, 3.8) is 0 Å². The van der Waals surface area contributed by atoms with Crippen molar-refractivity contribution >= 4 is 11.9 Å². The number of nitrogens with one attached hydrogen (secondary N) is 1. The fourth-order valence-electron chi connectivity index (χ4n) is 4.09. The summed E-state index contributed by atoms with van der Waals surface area (Å²) in [5, 5.41) is 15.9. The molecule has 184 valence electrons. The third-order valence-corrected chi connectivity index (χ3v) is 6.01. The van der Waals surface area contributed by atoms with Crippen molar-refractivity contribution in [3.05, 3.63) is 87.7 Å². The van der Waals surface area contributed by atoms with Crippen molar-refractivity contribution in [2.45, 2.75) is 37.4 Å². The quantitative estimate of drug-likeness (QED) is 0.450. The Balaban J connectivity index is 1.66. The van der Waals surface area contributed by atoms with Crippen LogP contribution in [0.25, 0.3) is 0 Å². The Morgan fingerprint density at radius 3 is 2.34 bits per heavy atom. The lowest BCUT2D eigenvalue weighted by Gasteiger charge is -2.19. The number of carbonyl (C=O) groups is 2. The molecule has 0 radical (unpaired) electrons. The third kappa shape index (κ3) is 4.89. The minimum Gasteiger partial charge on any atom is -0.478 e. The first-order chi connectivity index (χ1) is 16.4. The van der Waals surface area contributed by atoms with Gasteiger partial charge in [-0.3, -0.25) is 9.48 Å². The zero-order valence-corrected chi connectivity index (χ0v) is 18.4. The predicted molar refractivity (Wildman–Crippen MR) is 114 cm³/mol. The Labute approximate surface area is 196 Å². The molecule has 2 aromatic carbocycles. The summed E-state index contributed by atoms with van der Waals surface area (Å²) in [5.41, 5.74) is -1.99. The normalized spacial score (nSPS) is 14.7. The second kappa shape index (κ2) is 8.79. The molecular weight excluding hydrogens is 473 g/mol. The molecule has 35 heavy (non-hydrogen) atoms. The van der Waals surface area contributed by atoms with Crippen LogP contribution in [0.2, 0.25) is 0 Å². The molecule has 3 aromatic rings. The zero-order chi connectivity index (χ0) is 25.5. The molecule has 1 heterocycles. The van der Waals surface area contributed by atoms with Crippen LogP contribution in [0.3, 0.4) is 0 Å². The largest absolute Gasteiger partial charge is 0.478 e. The number of halogens is 5.